The molecule has 6 rings (SSSR count). The van der Waals surface area contributed by atoms with Gasteiger partial charge in [0.15, 0.2) is 0 Å². The van der Waals surface area contributed by atoms with E-state index in [-0.39, 0.29) is 35.2 Å². The van der Waals surface area contributed by atoms with Crippen LogP contribution in [0.2, 0.25) is 0 Å². The third-order valence-electron chi connectivity index (χ3n) is 8.59. The number of nitrogens with one attached hydrogen (secondary N) is 1. The van der Waals surface area contributed by atoms with Crippen molar-refractivity contribution in [1.82, 2.24) is 25.0 Å². The molecular weight excluding hydrogens is 522 g/mol. The number of piperidine rings is 1. The van der Waals surface area contributed by atoms with Gasteiger partial charge in [0.25, 0.3) is 5.91 Å². The van der Waals surface area contributed by atoms with Crippen molar-refractivity contribution in [2.45, 2.75) is 71.4 Å². The number of fused-ring (bicyclic) bond motifs is 10. The summed E-state index contributed by atoms with van der Waals surface area (Å²) in [5, 5.41) is 3.13. The van der Waals surface area contributed by atoms with Crippen LogP contribution in [0.4, 0.5) is 0 Å². The molecule has 1 aliphatic carbocycles. The summed E-state index contributed by atoms with van der Waals surface area (Å²) in [6, 6.07) is 4.85. The van der Waals surface area contributed by atoms with Crippen LogP contribution in [0.25, 0.3) is 0 Å². The molecule has 10 heteroatoms. The van der Waals surface area contributed by atoms with Gasteiger partial charge in [0, 0.05) is 57.8 Å². The molecule has 1 aromatic rings. The fraction of sp³-hybridized carbons (Fsp3) is 0.742. The lowest BCUT2D eigenvalue weighted by Gasteiger charge is -2.37. The first-order valence-electron chi connectivity index (χ1n) is 15.4. The van der Waals surface area contributed by atoms with Crippen LogP contribution in [0, 0.1) is 17.3 Å². The van der Waals surface area contributed by atoms with Crippen molar-refractivity contribution in [3.63, 3.8) is 0 Å². The van der Waals surface area contributed by atoms with Crippen LogP contribution in [0.3, 0.4) is 0 Å². The van der Waals surface area contributed by atoms with Crippen LogP contribution < -0.4 is 10.1 Å². The number of carbonyl (C=O) groups excluding carboxylic acids is 3. The maximum absolute atomic E-state index is 13.8. The molecule has 226 valence electrons. The highest BCUT2D eigenvalue weighted by molar-refractivity contribution is 5.92. The monoisotopic (exact) mass is 569 g/mol. The van der Waals surface area contributed by atoms with Crippen LogP contribution in [0.15, 0.2) is 18.2 Å². The summed E-state index contributed by atoms with van der Waals surface area (Å²) in [6.07, 6.45) is 5.30. The Morgan fingerprint density at radius 1 is 1.02 bits per heavy atom. The first kappa shape index (κ1) is 29.8. The second kappa shape index (κ2) is 13.1. The second-order valence-corrected chi connectivity index (χ2v) is 13.5. The number of nitrogens with zero attached hydrogens (tertiary/aromatic N) is 4. The summed E-state index contributed by atoms with van der Waals surface area (Å²) in [5.41, 5.74) is 0.208. The fourth-order valence-electron chi connectivity index (χ4n) is 6.20. The molecule has 0 spiro atoms. The largest absolute Gasteiger partial charge is 0.475 e. The Labute approximate surface area is 244 Å². The Morgan fingerprint density at radius 2 is 1.80 bits per heavy atom. The SMILES string of the molecule is CC(C)(C)CC(=O)N1CCOCCOc2cccc(n2)C(=O)N[C@@H]2C[C@@H](C(=O)N3CCC(CC3)C1)N(CC1CC1)C2. The van der Waals surface area contributed by atoms with Gasteiger partial charge in [0.05, 0.1) is 19.3 Å². The predicted octanol–water partition coefficient (Wildman–Crippen LogP) is 2.58. The number of hydrogen-bond donors (Lipinski definition) is 1. The molecule has 1 saturated carbocycles. The number of pyridine rings is 1. The van der Waals surface area contributed by atoms with Crippen LogP contribution in [0.5, 0.6) is 5.88 Å². The minimum Gasteiger partial charge on any atom is -0.475 e. The number of carbonyl (C=O) groups is 3. The molecule has 2 saturated heterocycles. The Kier molecular flexibility index (Phi) is 9.49. The topological polar surface area (TPSA) is 104 Å². The molecule has 3 fully saturated rings. The standard InChI is InChI=1S/C31H47N5O5/c1-31(2,3)18-28(37)35-13-14-40-15-16-41-27-6-4-5-25(33-27)29(38)32-24-17-26(36(21-24)20-22-7-8-22)30(39)34-11-9-23(19-35)10-12-34/h4-6,22-24,26H,7-21H2,1-3H3,(H,32,38)/t24-,26+/m1/s1. The summed E-state index contributed by atoms with van der Waals surface area (Å²) in [4.78, 5) is 50.8. The summed E-state index contributed by atoms with van der Waals surface area (Å²) >= 11 is 0. The van der Waals surface area contributed by atoms with Crippen LogP contribution in [0.1, 0.15) is 69.8 Å². The average Bonchev–Trinajstić information content (AvgIpc) is 3.66. The number of rotatable bonds is 3. The van der Waals surface area contributed by atoms with Crippen molar-refractivity contribution in [1.29, 1.82) is 0 Å². The molecule has 6 bridgehead atoms. The molecule has 0 aromatic carbocycles. The Balaban J connectivity index is 1.31. The maximum atomic E-state index is 13.8. The zero-order valence-electron chi connectivity index (χ0n) is 25.0. The normalized spacial score (nSPS) is 27.2. The highest BCUT2D eigenvalue weighted by atomic mass is 16.5. The minimum absolute atomic E-state index is 0.0905. The van der Waals surface area contributed by atoms with Crippen molar-refractivity contribution >= 4 is 17.7 Å². The van der Waals surface area contributed by atoms with Gasteiger partial charge in [-0.2, -0.15) is 0 Å². The van der Waals surface area contributed by atoms with Gasteiger partial charge in [0.1, 0.15) is 12.3 Å². The Morgan fingerprint density at radius 3 is 2.54 bits per heavy atom. The number of amides is 3. The number of hydrogen-bond acceptors (Lipinski definition) is 7. The summed E-state index contributed by atoms with van der Waals surface area (Å²) in [7, 11) is 0. The van der Waals surface area contributed by atoms with E-state index < -0.39 is 0 Å². The molecule has 41 heavy (non-hydrogen) atoms. The van der Waals surface area contributed by atoms with Crippen molar-refractivity contribution in [2.75, 3.05) is 59.1 Å². The molecule has 0 unspecified atom stereocenters. The van der Waals surface area contributed by atoms with Crippen LogP contribution in [-0.2, 0) is 14.3 Å². The molecular formula is C31H47N5O5. The molecule has 1 aromatic heterocycles. The van der Waals surface area contributed by atoms with E-state index in [0.29, 0.717) is 88.8 Å². The first-order valence-corrected chi connectivity index (χ1v) is 15.4. The number of likely N-dealkylation sites (tertiary alicyclic amines) is 1. The van der Waals surface area contributed by atoms with Gasteiger partial charge < -0.3 is 24.6 Å². The minimum atomic E-state index is -0.247. The molecule has 0 radical (unpaired) electrons. The zero-order valence-corrected chi connectivity index (χ0v) is 25.0. The van der Waals surface area contributed by atoms with E-state index in [0.717, 1.165) is 19.4 Å². The molecule has 1 N–H and O–H groups in total. The average molecular weight is 570 g/mol. The molecule has 3 amide bonds. The van der Waals surface area contributed by atoms with Crippen molar-refractivity contribution in [3.05, 3.63) is 23.9 Å². The van der Waals surface area contributed by atoms with E-state index in [2.05, 4.69) is 36.0 Å². The highest BCUT2D eigenvalue weighted by Crippen LogP contribution is 2.33. The lowest BCUT2D eigenvalue weighted by atomic mass is 9.90. The Hall–Kier alpha value is -2.72. The predicted molar refractivity (Wildman–Crippen MR) is 154 cm³/mol. The van der Waals surface area contributed by atoms with Gasteiger partial charge >= 0.3 is 0 Å². The second-order valence-electron chi connectivity index (χ2n) is 13.5. The van der Waals surface area contributed by atoms with Crippen molar-refractivity contribution in [3.8, 4) is 5.88 Å². The molecule has 2 atom stereocenters. The summed E-state index contributed by atoms with van der Waals surface area (Å²) in [6.45, 7) is 11.6. The lowest BCUT2D eigenvalue weighted by molar-refractivity contribution is -0.139. The van der Waals surface area contributed by atoms with Crippen LogP contribution >= 0.6 is 0 Å². The van der Waals surface area contributed by atoms with Gasteiger partial charge in [0.2, 0.25) is 17.7 Å². The smallest absolute Gasteiger partial charge is 0.270 e. The van der Waals surface area contributed by atoms with Crippen LogP contribution in [-0.4, -0.2) is 109 Å². The number of ether oxygens (including phenoxy) is 2. The molecule has 4 aliphatic heterocycles. The third-order valence-corrected chi connectivity index (χ3v) is 8.59. The fourth-order valence-corrected chi connectivity index (χ4v) is 6.20. The summed E-state index contributed by atoms with van der Waals surface area (Å²) in [5.74, 6) is 1.46. The van der Waals surface area contributed by atoms with Gasteiger partial charge in [-0.3, -0.25) is 19.3 Å². The highest BCUT2D eigenvalue weighted by Gasteiger charge is 2.42. The van der Waals surface area contributed by atoms with Gasteiger partial charge in [-0.1, -0.05) is 26.8 Å². The van der Waals surface area contributed by atoms with Crippen molar-refractivity contribution < 1.29 is 23.9 Å². The van der Waals surface area contributed by atoms with E-state index in [1.807, 2.05) is 9.80 Å². The lowest BCUT2D eigenvalue weighted by Crippen LogP contribution is -2.50. The summed E-state index contributed by atoms with van der Waals surface area (Å²) < 4.78 is 11.6. The van der Waals surface area contributed by atoms with E-state index >= 15 is 0 Å². The Bertz CT molecular complexity index is 1080. The van der Waals surface area contributed by atoms with E-state index in [4.69, 9.17) is 9.47 Å². The molecule has 10 nitrogen and oxygen atoms in total. The van der Waals surface area contributed by atoms with Crippen molar-refractivity contribution in [2.24, 2.45) is 17.3 Å². The molecule has 5 heterocycles. The van der Waals surface area contributed by atoms with E-state index in [9.17, 15) is 14.4 Å². The number of aromatic nitrogens is 1. The van der Waals surface area contributed by atoms with Gasteiger partial charge in [-0.15, -0.1) is 0 Å². The first-order chi connectivity index (χ1) is 19.6. The quantitative estimate of drug-likeness (QED) is 0.558. The van der Waals surface area contributed by atoms with E-state index in [1.165, 1.54) is 12.8 Å². The zero-order chi connectivity index (χ0) is 29.0. The van der Waals surface area contributed by atoms with E-state index in [1.54, 1.807) is 18.2 Å². The van der Waals surface area contributed by atoms with Gasteiger partial charge in [-0.25, -0.2) is 4.98 Å². The molecule has 5 aliphatic rings. The maximum Gasteiger partial charge on any atom is 0.270 e. The van der Waals surface area contributed by atoms with Gasteiger partial charge in [-0.05, 0) is 55.4 Å². The third kappa shape index (κ3) is 8.41.